The number of nitrogens with zero attached hydrogens (tertiary/aromatic N) is 2. The summed E-state index contributed by atoms with van der Waals surface area (Å²) in [6, 6.07) is 5.70. The number of carbonyl (C=O) groups is 1. The van der Waals surface area contributed by atoms with E-state index >= 15 is 0 Å². The number of halogens is 1. The standard InChI is InChI=1S/C11H15BrN2O/c1-3-10(12)11(15)14(2)8-9-6-4-5-7-13-9/h4-7,10H,3,8H2,1-2H3. The van der Waals surface area contributed by atoms with Gasteiger partial charge in [-0.15, -0.1) is 0 Å². The van der Waals surface area contributed by atoms with Crippen LogP contribution in [0.25, 0.3) is 0 Å². The van der Waals surface area contributed by atoms with Crippen LogP contribution in [0.15, 0.2) is 24.4 Å². The van der Waals surface area contributed by atoms with Crippen LogP contribution in [0, 0.1) is 0 Å². The third kappa shape index (κ3) is 3.63. The van der Waals surface area contributed by atoms with E-state index < -0.39 is 0 Å². The Kier molecular flexibility index (Phi) is 4.75. The van der Waals surface area contributed by atoms with Crippen LogP contribution in [0.4, 0.5) is 0 Å². The van der Waals surface area contributed by atoms with Gasteiger partial charge in [0, 0.05) is 13.2 Å². The van der Waals surface area contributed by atoms with E-state index in [1.807, 2.05) is 25.1 Å². The van der Waals surface area contributed by atoms with E-state index in [0.29, 0.717) is 6.54 Å². The molecule has 0 fully saturated rings. The highest BCUT2D eigenvalue weighted by molar-refractivity contribution is 9.10. The molecule has 0 N–H and O–H groups in total. The maximum absolute atomic E-state index is 11.7. The predicted molar refractivity (Wildman–Crippen MR) is 63.7 cm³/mol. The first-order valence-electron chi connectivity index (χ1n) is 4.94. The zero-order valence-corrected chi connectivity index (χ0v) is 10.6. The number of aromatic nitrogens is 1. The predicted octanol–water partition coefficient (Wildman–Crippen LogP) is 2.21. The van der Waals surface area contributed by atoms with Crippen molar-refractivity contribution in [3.8, 4) is 0 Å². The number of alkyl halides is 1. The number of pyridine rings is 1. The van der Waals surface area contributed by atoms with E-state index in [4.69, 9.17) is 0 Å². The Bertz CT molecular complexity index is 316. The normalized spacial score (nSPS) is 12.2. The largest absolute Gasteiger partial charge is 0.339 e. The Morgan fingerprint density at radius 2 is 2.33 bits per heavy atom. The van der Waals surface area contributed by atoms with Crippen LogP contribution in [0.1, 0.15) is 19.0 Å². The summed E-state index contributed by atoms with van der Waals surface area (Å²) >= 11 is 3.34. The first kappa shape index (κ1) is 12.2. The quantitative estimate of drug-likeness (QED) is 0.787. The molecule has 1 heterocycles. The molecule has 0 bridgehead atoms. The van der Waals surface area contributed by atoms with Crippen LogP contribution in [0.3, 0.4) is 0 Å². The van der Waals surface area contributed by atoms with Gasteiger partial charge in [-0.3, -0.25) is 9.78 Å². The van der Waals surface area contributed by atoms with Crippen molar-refractivity contribution in [2.24, 2.45) is 0 Å². The summed E-state index contributed by atoms with van der Waals surface area (Å²) < 4.78 is 0. The molecule has 1 rings (SSSR count). The first-order valence-corrected chi connectivity index (χ1v) is 5.85. The van der Waals surface area contributed by atoms with Crippen LogP contribution < -0.4 is 0 Å². The molecule has 1 amide bonds. The lowest BCUT2D eigenvalue weighted by atomic mass is 10.3. The molecule has 0 saturated carbocycles. The van der Waals surface area contributed by atoms with Crippen LogP contribution in [-0.2, 0) is 11.3 Å². The average molecular weight is 271 g/mol. The Morgan fingerprint density at radius 1 is 1.60 bits per heavy atom. The molecule has 0 spiro atoms. The zero-order chi connectivity index (χ0) is 11.3. The van der Waals surface area contributed by atoms with Gasteiger partial charge in [0.15, 0.2) is 0 Å². The summed E-state index contributed by atoms with van der Waals surface area (Å²) in [7, 11) is 1.79. The van der Waals surface area contributed by atoms with Gasteiger partial charge >= 0.3 is 0 Å². The van der Waals surface area contributed by atoms with E-state index in [9.17, 15) is 4.79 Å². The van der Waals surface area contributed by atoms with Crippen molar-refractivity contribution in [1.29, 1.82) is 0 Å². The lowest BCUT2D eigenvalue weighted by Gasteiger charge is -2.19. The van der Waals surface area contributed by atoms with Gasteiger partial charge in [-0.1, -0.05) is 28.9 Å². The third-order valence-corrected chi connectivity index (χ3v) is 3.17. The van der Waals surface area contributed by atoms with E-state index in [0.717, 1.165) is 12.1 Å². The van der Waals surface area contributed by atoms with Crippen molar-refractivity contribution < 1.29 is 4.79 Å². The fourth-order valence-corrected chi connectivity index (χ4v) is 1.58. The Labute approximate surface area is 98.6 Å². The molecule has 1 aromatic rings. The summed E-state index contributed by atoms with van der Waals surface area (Å²) in [5, 5.41) is 0. The Morgan fingerprint density at radius 3 is 2.87 bits per heavy atom. The number of rotatable bonds is 4. The average Bonchev–Trinajstić information content (AvgIpc) is 2.28. The summed E-state index contributed by atoms with van der Waals surface area (Å²) in [6.45, 7) is 2.54. The molecule has 1 atom stereocenters. The molecule has 4 heteroatoms. The van der Waals surface area contributed by atoms with Crippen LogP contribution in [0.2, 0.25) is 0 Å². The van der Waals surface area contributed by atoms with Gasteiger partial charge in [0.05, 0.1) is 17.1 Å². The molecule has 0 radical (unpaired) electrons. The molecule has 1 aromatic heterocycles. The van der Waals surface area contributed by atoms with Crippen LogP contribution in [0.5, 0.6) is 0 Å². The van der Waals surface area contributed by atoms with Gasteiger partial charge in [-0.2, -0.15) is 0 Å². The Balaban J connectivity index is 2.56. The molecular formula is C11H15BrN2O. The Hall–Kier alpha value is -0.900. The smallest absolute Gasteiger partial charge is 0.236 e. The highest BCUT2D eigenvalue weighted by Crippen LogP contribution is 2.09. The number of hydrogen-bond acceptors (Lipinski definition) is 2. The minimum absolute atomic E-state index is 0.0915. The van der Waals surface area contributed by atoms with Crippen LogP contribution >= 0.6 is 15.9 Å². The van der Waals surface area contributed by atoms with Crippen molar-refractivity contribution >= 4 is 21.8 Å². The minimum Gasteiger partial charge on any atom is -0.339 e. The molecule has 0 aliphatic carbocycles. The van der Waals surface area contributed by atoms with Gasteiger partial charge in [-0.25, -0.2) is 0 Å². The van der Waals surface area contributed by atoms with Crippen molar-refractivity contribution in [2.45, 2.75) is 24.7 Å². The van der Waals surface area contributed by atoms with Gasteiger partial charge < -0.3 is 4.90 Å². The topological polar surface area (TPSA) is 33.2 Å². The molecule has 1 unspecified atom stereocenters. The molecule has 82 valence electrons. The van der Waals surface area contributed by atoms with E-state index in [1.54, 1.807) is 18.1 Å². The van der Waals surface area contributed by atoms with Crippen molar-refractivity contribution in [2.75, 3.05) is 7.05 Å². The number of carbonyl (C=O) groups excluding carboxylic acids is 1. The first-order chi connectivity index (χ1) is 7.15. The van der Waals surface area contributed by atoms with Crippen molar-refractivity contribution in [1.82, 2.24) is 9.88 Å². The lowest BCUT2D eigenvalue weighted by Crippen LogP contribution is -2.32. The second kappa shape index (κ2) is 5.85. The fourth-order valence-electron chi connectivity index (χ4n) is 1.23. The van der Waals surface area contributed by atoms with Gasteiger partial charge in [0.1, 0.15) is 0 Å². The third-order valence-electron chi connectivity index (χ3n) is 2.13. The van der Waals surface area contributed by atoms with E-state index in [1.165, 1.54) is 0 Å². The van der Waals surface area contributed by atoms with Crippen LogP contribution in [-0.4, -0.2) is 27.7 Å². The zero-order valence-electron chi connectivity index (χ0n) is 8.98. The molecule has 0 aliphatic rings. The number of amides is 1. The van der Waals surface area contributed by atoms with E-state index in [2.05, 4.69) is 20.9 Å². The van der Waals surface area contributed by atoms with Crippen molar-refractivity contribution in [3.63, 3.8) is 0 Å². The summed E-state index contributed by atoms with van der Waals surface area (Å²) in [5.41, 5.74) is 0.907. The summed E-state index contributed by atoms with van der Waals surface area (Å²) in [4.78, 5) is 17.5. The summed E-state index contributed by atoms with van der Waals surface area (Å²) in [5.74, 6) is 0.100. The fraction of sp³-hybridized carbons (Fsp3) is 0.455. The maximum atomic E-state index is 11.7. The van der Waals surface area contributed by atoms with Gasteiger partial charge in [-0.05, 0) is 18.6 Å². The second-order valence-corrected chi connectivity index (χ2v) is 4.50. The molecule has 0 aromatic carbocycles. The molecule has 0 aliphatic heterocycles. The number of hydrogen-bond donors (Lipinski definition) is 0. The van der Waals surface area contributed by atoms with Crippen molar-refractivity contribution in [3.05, 3.63) is 30.1 Å². The van der Waals surface area contributed by atoms with E-state index in [-0.39, 0.29) is 10.7 Å². The van der Waals surface area contributed by atoms with Gasteiger partial charge in [0.2, 0.25) is 5.91 Å². The molecule has 0 saturated heterocycles. The molecule has 3 nitrogen and oxygen atoms in total. The lowest BCUT2D eigenvalue weighted by molar-refractivity contribution is -0.129. The monoisotopic (exact) mass is 270 g/mol. The SMILES string of the molecule is CCC(Br)C(=O)N(C)Cc1ccccn1. The highest BCUT2D eigenvalue weighted by atomic mass is 79.9. The second-order valence-electron chi connectivity index (χ2n) is 3.39. The maximum Gasteiger partial charge on any atom is 0.236 e. The minimum atomic E-state index is -0.0915. The summed E-state index contributed by atoms with van der Waals surface area (Å²) in [6.07, 6.45) is 2.53. The molecule has 15 heavy (non-hydrogen) atoms. The molecular weight excluding hydrogens is 256 g/mol. The highest BCUT2D eigenvalue weighted by Gasteiger charge is 2.17. The van der Waals surface area contributed by atoms with Gasteiger partial charge in [0.25, 0.3) is 0 Å².